The molecule has 0 N–H and O–H groups in total. The van der Waals surface area contributed by atoms with Crippen molar-refractivity contribution in [2.75, 3.05) is 25.1 Å². The number of imide groups is 1. The van der Waals surface area contributed by atoms with Crippen molar-refractivity contribution < 1.29 is 23.5 Å². The third kappa shape index (κ3) is 3.38. The Morgan fingerprint density at radius 1 is 1.09 bits per heavy atom. The van der Waals surface area contributed by atoms with Crippen molar-refractivity contribution in [1.29, 1.82) is 0 Å². The van der Waals surface area contributed by atoms with Crippen molar-refractivity contribution in [2.24, 2.45) is 4.99 Å². The number of carbonyl (C=O) groups excluding carboxylic acids is 3. The Morgan fingerprint density at radius 3 is 2.47 bits per heavy atom. The van der Waals surface area contributed by atoms with Gasteiger partial charge in [0, 0.05) is 24.5 Å². The number of guanidine groups is 1. The summed E-state index contributed by atoms with van der Waals surface area (Å²) in [5.74, 6) is -1.14. The maximum Gasteiger partial charge on any atom is 0.328 e. The van der Waals surface area contributed by atoms with E-state index in [9.17, 15) is 18.8 Å². The van der Waals surface area contributed by atoms with E-state index in [2.05, 4.69) is 0 Å². The highest BCUT2D eigenvalue weighted by atomic mass is 19.1. The topological polar surface area (TPSA) is 85.8 Å². The summed E-state index contributed by atoms with van der Waals surface area (Å²) in [5, 5.41) is 0. The van der Waals surface area contributed by atoms with Gasteiger partial charge in [-0.25, -0.2) is 14.2 Å². The molecule has 5 rings (SSSR count). The number of rotatable bonds is 5. The summed E-state index contributed by atoms with van der Waals surface area (Å²) in [6.07, 6.45) is 1.02. The second-order valence-corrected chi connectivity index (χ2v) is 8.01. The number of anilines is 1. The number of benzene rings is 2. The van der Waals surface area contributed by atoms with Crippen LogP contribution in [0.25, 0.3) is 5.70 Å². The molecule has 2 unspecified atom stereocenters. The van der Waals surface area contributed by atoms with Crippen LogP contribution in [0.15, 0.2) is 65.8 Å². The third-order valence-corrected chi connectivity index (χ3v) is 5.96. The summed E-state index contributed by atoms with van der Waals surface area (Å²) in [5.41, 5.74) is 2.27. The first-order chi connectivity index (χ1) is 16.4. The van der Waals surface area contributed by atoms with E-state index in [0.29, 0.717) is 11.6 Å². The van der Waals surface area contributed by atoms with Crippen LogP contribution in [0.3, 0.4) is 0 Å². The zero-order valence-corrected chi connectivity index (χ0v) is 18.6. The summed E-state index contributed by atoms with van der Waals surface area (Å²) in [7, 11) is 1.54. The standard InChI is InChI=1S/C24H22FN5O4/c1-3-34-19(31)14-29-22(32)20-21(27(2)24(29)33)26-23-28(20)13-18(15-7-5-4-6-8-15)30(23)17-11-9-16(25)10-12-17/h4-13,20-21H,3,14H2,1-2H3. The van der Waals surface area contributed by atoms with Gasteiger partial charge >= 0.3 is 12.0 Å². The second-order valence-electron chi connectivity index (χ2n) is 8.01. The molecular formula is C24H22FN5O4. The highest BCUT2D eigenvalue weighted by molar-refractivity contribution is 6.16. The minimum atomic E-state index is -0.851. The third-order valence-electron chi connectivity index (χ3n) is 5.96. The van der Waals surface area contributed by atoms with E-state index in [-0.39, 0.29) is 12.4 Å². The molecule has 2 atom stereocenters. The van der Waals surface area contributed by atoms with Crippen LogP contribution in [0.2, 0.25) is 0 Å². The lowest BCUT2D eigenvalue weighted by Crippen LogP contribution is -2.65. The smallest absolute Gasteiger partial charge is 0.328 e. The van der Waals surface area contributed by atoms with Crippen LogP contribution >= 0.6 is 0 Å². The van der Waals surface area contributed by atoms with Gasteiger partial charge in [0.1, 0.15) is 12.4 Å². The van der Waals surface area contributed by atoms with Gasteiger partial charge < -0.3 is 9.64 Å². The largest absolute Gasteiger partial charge is 0.465 e. The van der Waals surface area contributed by atoms with Gasteiger partial charge in [-0.3, -0.25) is 24.3 Å². The molecule has 1 saturated heterocycles. The number of ether oxygens (including phenoxy) is 1. The SMILES string of the molecule is CCOC(=O)CN1C(=O)C2C(N=C3N(c4ccc(F)cc4)C(c4ccccc4)=CN32)N(C)C1=O. The molecule has 2 aromatic carbocycles. The average Bonchev–Trinajstić information content (AvgIpc) is 3.38. The van der Waals surface area contributed by atoms with Gasteiger partial charge in [-0.15, -0.1) is 0 Å². The molecule has 3 aliphatic heterocycles. The number of fused-ring (bicyclic) bond motifs is 3. The lowest BCUT2D eigenvalue weighted by molar-refractivity contribution is -0.150. The molecule has 174 valence electrons. The number of esters is 1. The average molecular weight is 463 g/mol. The molecule has 3 heterocycles. The fraction of sp³-hybridized carbons (Fsp3) is 0.250. The van der Waals surface area contributed by atoms with Crippen LogP contribution in [0.4, 0.5) is 14.9 Å². The quantitative estimate of drug-likeness (QED) is 0.634. The summed E-state index contributed by atoms with van der Waals surface area (Å²) in [4.78, 5) is 48.9. The van der Waals surface area contributed by atoms with E-state index in [1.807, 2.05) is 35.2 Å². The number of likely N-dealkylation sites (N-methyl/N-ethyl adjacent to an activating group) is 1. The highest BCUT2D eigenvalue weighted by Crippen LogP contribution is 2.39. The first-order valence-electron chi connectivity index (χ1n) is 10.8. The van der Waals surface area contributed by atoms with Crippen molar-refractivity contribution in [2.45, 2.75) is 19.1 Å². The van der Waals surface area contributed by atoms with Gasteiger partial charge in [-0.1, -0.05) is 30.3 Å². The molecule has 0 spiro atoms. The van der Waals surface area contributed by atoms with Crippen molar-refractivity contribution >= 4 is 35.3 Å². The van der Waals surface area contributed by atoms with E-state index >= 15 is 0 Å². The number of amides is 3. The Labute approximate surface area is 195 Å². The number of hydrogen-bond acceptors (Lipinski definition) is 7. The Balaban J connectivity index is 1.56. The van der Waals surface area contributed by atoms with E-state index in [4.69, 9.17) is 9.73 Å². The Hall–Kier alpha value is -4.21. The summed E-state index contributed by atoms with van der Waals surface area (Å²) in [6, 6.07) is 14.0. The monoisotopic (exact) mass is 463 g/mol. The molecule has 0 saturated carbocycles. The van der Waals surface area contributed by atoms with Crippen molar-refractivity contribution in [3.05, 3.63) is 72.2 Å². The van der Waals surface area contributed by atoms with Crippen molar-refractivity contribution in [3.63, 3.8) is 0 Å². The molecule has 0 bridgehead atoms. The first kappa shape index (κ1) is 21.6. The molecular weight excluding hydrogens is 441 g/mol. The lowest BCUT2D eigenvalue weighted by Gasteiger charge is -2.39. The predicted molar refractivity (Wildman–Crippen MR) is 122 cm³/mol. The number of nitrogens with zero attached hydrogens (tertiary/aromatic N) is 5. The summed E-state index contributed by atoms with van der Waals surface area (Å²) >= 11 is 0. The predicted octanol–water partition coefficient (Wildman–Crippen LogP) is 2.47. The zero-order chi connectivity index (χ0) is 24.0. The van der Waals surface area contributed by atoms with Crippen LogP contribution in [0, 0.1) is 5.82 Å². The van der Waals surface area contributed by atoms with Gasteiger partial charge in [-0.2, -0.15) is 0 Å². The Morgan fingerprint density at radius 2 is 1.79 bits per heavy atom. The lowest BCUT2D eigenvalue weighted by atomic mass is 10.1. The van der Waals surface area contributed by atoms with Crippen molar-refractivity contribution in [1.82, 2.24) is 14.7 Å². The molecule has 2 aromatic rings. The highest BCUT2D eigenvalue weighted by Gasteiger charge is 2.55. The molecule has 0 aliphatic carbocycles. The molecule has 3 aliphatic rings. The van der Waals surface area contributed by atoms with Gasteiger partial charge in [0.05, 0.1) is 12.3 Å². The fourth-order valence-electron chi connectivity index (χ4n) is 4.37. The molecule has 0 radical (unpaired) electrons. The van der Waals surface area contributed by atoms with Crippen LogP contribution in [0.5, 0.6) is 0 Å². The van der Waals surface area contributed by atoms with Gasteiger partial charge in [0.25, 0.3) is 5.91 Å². The minimum Gasteiger partial charge on any atom is -0.465 e. The zero-order valence-electron chi connectivity index (χ0n) is 18.6. The van der Waals surface area contributed by atoms with Gasteiger partial charge in [-0.05, 0) is 31.2 Å². The van der Waals surface area contributed by atoms with Crippen LogP contribution < -0.4 is 4.90 Å². The van der Waals surface area contributed by atoms with Crippen LogP contribution in [0.1, 0.15) is 12.5 Å². The fourth-order valence-corrected chi connectivity index (χ4v) is 4.37. The van der Waals surface area contributed by atoms with Gasteiger partial charge in [0.15, 0.2) is 12.2 Å². The Bertz CT molecular complexity index is 1210. The summed E-state index contributed by atoms with van der Waals surface area (Å²) < 4.78 is 18.6. The number of carbonyl (C=O) groups is 3. The minimum absolute atomic E-state index is 0.145. The number of hydrogen-bond donors (Lipinski definition) is 0. The van der Waals surface area contributed by atoms with Gasteiger partial charge in [0.2, 0.25) is 5.96 Å². The maximum atomic E-state index is 13.6. The normalized spacial score (nSPS) is 21.4. The van der Waals surface area contributed by atoms with E-state index < -0.39 is 36.7 Å². The molecule has 34 heavy (non-hydrogen) atoms. The number of urea groups is 1. The number of halogens is 1. The molecule has 0 aromatic heterocycles. The van der Waals surface area contributed by atoms with E-state index in [0.717, 1.165) is 16.2 Å². The molecule has 9 nitrogen and oxygen atoms in total. The first-order valence-corrected chi connectivity index (χ1v) is 10.8. The van der Waals surface area contributed by atoms with E-state index in [1.165, 1.54) is 17.0 Å². The maximum absolute atomic E-state index is 13.6. The molecule has 10 heteroatoms. The van der Waals surface area contributed by atoms with E-state index in [1.54, 1.807) is 37.2 Å². The second kappa shape index (κ2) is 8.29. The Kier molecular flexibility index (Phi) is 5.27. The van der Waals surface area contributed by atoms with Crippen LogP contribution in [-0.2, 0) is 14.3 Å². The molecule has 3 amide bonds. The number of aliphatic imine (C=N–C) groups is 1. The molecule has 1 fully saturated rings. The summed E-state index contributed by atoms with van der Waals surface area (Å²) in [6.45, 7) is 1.33. The van der Waals surface area contributed by atoms with Crippen molar-refractivity contribution in [3.8, 4) is 0 Å². The van der Waals surface area contributed by atoms with Crippen LogP contribution in [-0.4, -0.2) is 71.0 Å².